The molecule has 0 aromatic carbocycles. The van der Waals surface area contributed by atoms with E-state index in [-0.39, 0.29) is 0 Å². The molecular formula is C15H26N2S. The number of nitrogens with one attached hydrogen (secondary N) is 1. The van der Waals surface area contributed by atoms with E-state index in [4.69, 9.17) is 0 Å². The molecule has 102 valence electrons. The van der Waals surface area contributed by atoms with Crippen LogP contribution in [0.25, 0.3) is 0 Å². The van der Waals surface area contributed by atoms with E-state index in [2.05, 4.69) is 47.9 Å². The highest BCUT2D eigenvalue weighted by Gasteiger charge is 2.33. The third kappa shape index (κ3) is 3.81. The van der Waals surface area contributed by atoms with E-state index < -0.39 is 0 Å². The van der Waals surface area contributed by atoms with E-state index in [1.165, 1.54) is 31.4 Å². The molecule has 1 unspecified atom stereocenters. The summed E-state index contributed by atoms with van der Waals surface area (Å²) in [6.07, 6.45) is 4.02. The average molecular weight is 266 g/mol. The fourth-order valence-corrected chi connectivity index (χ4v) is 3.24. The van der Waals surface area contributed by atoms with Crippen molar-refractivity contribution in [2.75, 3.05) is 20.1 Å². The van der Waals surface area contributed by atoms with Gasteiger partial charge in [-0.05, 0) is 54.1 Å². The lowest BCUT2D eigenvalue weighted by atomic mass is 9.86. The maximum atomic E-state index is 3.36. The molecule has 1 aliphatic rings. The van der Waals surface area contributed by atoms with Crippen LogP contribution in [0, 0.1) is 5.41 Å². The normalized spacial score (nSPS) is 19.1. The second kappa shape index (κ2) is 6.18. The first-order valence-electron chi connectivity index (χ1n) is 7.06. The molecule has 1 fully saturated rings. The molecular weight excluding hydrogens is 240 g/mol. The highest BCUT2D eigenvalue weighted by molar-refractivity contribution is 7.07. The van der Waals surface area contributed by atoms with Gasteiger partial charge in [0.2, 0.25) is 0 Å². The van der Waals surface area contributed by atoms with Crippen LogP contribution in [-0.2, 0) is 6.54 Å². The highest BCUT2D eigenvalue weighted by atomic mass is 32.1. The summed E-state index contributed by atoms with van der Waals surface area (Å²) in [4.78, 5) is 2.70. The van der Waals surface area contributed by atoms with Gasteiger partial charge in [0, 0.05) is 25.7 Å². The Hall–Kier alpha value is -0.380. The third-order valence-electron chi connectivity index (χ3n) is 4.07. The van der Waals surface area contributed by atoms with E-state index in [0.29, 0.717) is 5.41 Å². The Morgan fingerprint density at radius 1 is 1.50 bits per heavy atom. The first kappa shape index (κ1) is 14.0. The van der Waals surface area contributed by atoms with Gasteiger partial charge in [0.05, 0.1) is 0 Å². The molecule has 1 saturated carbocycles. The minimum absolute atomic E-state index is 0.396. The molecule has 2 nitrogen and oxygen atoms in total. The van der Waals surface area contributed by atoms with Crippen LogP contribution in [0.1, 0.15) is 38.7 Å². The fraction of sp³-hybridized carbons (Fsp3) is 0.733. The molecule has 0 amide bonds. The minimum atomic E-state index is 0.396. The van der Waals surface area contributed by atoms with Gasteiger partial charge in [0.15, 0.2) is 0 Å². The highest BCUT2D eigenvalue weighted by Crippen LogP contribution is 2.33. The van der Waals surface area contributed by atoms with Gasteiger partial charge in [0.1, 0.15) is 0 Å². The molecule has 0 saturated heterocycles. The quantitative estimate of drug-likeness (QED) is 0.776. The lowest BCUT2D eigenvalue weighted by Gasteiger charge is -2.35. The van der Waals surface area contributed by atoms with Crippen molar-refractivity contribution in [3.8, 4) is 0 Å². The number of thiophene rings is 1. The lowest BCUT2D eigenvalue weighted by molar-refractivity contribution is 0.144. The van der Waals surface area contributed by atoms with Crippen LogP contribution < -0.4 is 5.32 Å². The molecule has 1 aromatic rings. The topological polar surface area (TPSA) is 15.3 Å². The summed E-state index contributed by atoms with van der Waals surface area (Å²) in [5.41, 5.74) is 1.88. The summed E-state index contributed by atoms with van der Waals surface area (Å²) in [6, 6.07) is 3.11. The summed E-state index contributed by atoms with van der Waals surface area (Å²) < 4.78 is 0. The summed E-state index contributed by atoms with van der Waals surface area (Å²) in [6.45, 7) is 8.17. The summed E-state index contributed by atoms with van der Waals surface area (Å²) in [5, 5.41) is 7.83. The molecule has 1 aromatic heterocycles. The molecule has 0 spiro atoms. The molecule has 18 heavy (non-hydrogen) atoms. The fourth-order valence-electron chi connectivity index (χ4n) is 2.58. The van der Waals surface area contributed by atoms with Crippen LogP contribution in [-0.4, -0.2) is 31.1 Å². The number of hydrogen-bond donors (Lipinski definition) is 1. The van der Waals surface area contributed by atoms with Crippen LogP contribution in [0.15, 0.2) is 16.8 Å². The van der Waals surface area contributed by atoms with Gasteiger partial charge in [0.25, 0.3) is 0 Å². The van der Waals surface area contributed by atoms with E-state index in [9.17, 15) is 0 Å². The van der Waals surface area contributed by atoms with Gasteiger partial charge in [-0.25, -0.2) is 0 Å². The SMILES string of the molecule is CCC(C)(CNC)CN(Cc1ccsc1)C1CC1. The second-order valence-electron chi connectivity index (χ2n) is 5.96. The molecule has 1 aliphatic carbocycles. The third-order valence-corrected chi connectivity index (χ3v) is 4.80. The van der Waals surface area contributed by atoms with Crippen molar-refractivity contribution in [2.45, 2.75) is 45.7 Å². The lowest BCUT2D eigenvalue weighted by Crippen LogP contribution is -2.41. The number of rotatable bonds is 8. The van der Waals surface area contributed by atoms with Crippen LogP contribution in [0.3, 0.4) is 0 Å². The van der Waals surface area contributed by atoms with Crippen molar-refractivity contribution in [3.05, 3.63) is 22.4 Å². The van der Waals surface area contributed by atoms with Gasteiger partial charge in [-0.3, -0.25) is 4.90 Å². The smallest absolute Gasteiger partial charge is 0.0245 e. The van der Waals surface area contributed by atoms with Crippen LogP contribution >= 0.6 is 11.3 Å². The van der Waals surface area contributed by atoms with Gasteiger partial charge in [-0.15, -0.1) is 0 Å². The largest absolute Gasteiger partial charge is 0.319 e. The molecule has 0 aliphatic heterocycles. The summed E-state index contributed by atoms with van der Waals surface area (Å²) in [5.74, 6) is 0. The van der Waals surface area contributed by atoms with Gasteiger partial charge < -0.3 is 5.32 Å². The van der Waals surface area contributed by atoms with Crippen molar-refractivity contribution in [3.63, 3.8) is 0 Å². The molecule has 1 N–H and O–H groups in total. The molecule has 3 heteroatoms. The van der Waals surface area contributed by atoms with Crippen molar-refractivity contribution in [2.24, 2.45) is 5.41 Å². The van der Waals surface area contributed by atoms with Gasteiger partial charge in [-0.2, -0.15) is 11.3 Å². The predicted octanol–water partition coefficient (Wildman–Crippen LogP) is 3.35. The van der Waals surface area contributed by atoms with E-state index in [0.717, 1.165) is 19.1 Å². The first-order chi connectivity index (χ1) is 8.67. The molecule has 0 bridgehead atoms. The van der Waals surface area contributed by atoms with Crippen molar-refractivity contribution >= 4 is 11.3 Å². The zero-order valence-electron chi connectivity index (χ0n) is 11.9. The standard InChI is InChI=1S/C15H26N2S/c1-4-15(2,11-16-3)12-17(14-5-6-14)9-13-7-8-18-10-13/h7-8,10,14,16H,4-6,9,11-12H2,1-3H3. The maximum Gasteiger partial charge on any atom is 0.0245 e. The van der Waals surface area contributed by atoms with E-state index in [1.54, 1.807) is 0 Å². The zero-order valence-corrected chi connectivity index (χ0v) is 12.7. The van der Waals surface area contributed by atoms with Gasteiger partial charge in [-0.1, -0.05) is 13.8 Å². The number of hydrogen-bond acceptors (Lipinski definition) is 3. The number of nitrogens with zero attached hydrogens (tertiary/aromatic N) is 1. The second-order valence-corrected chi connectivity index (χ2v) is 6.74. The monoisotopic (exact) mass is 266 g/mol. The Morgan fingerprint density at radius 3 is 2.78 bits per heavy atom. The minimum Gasteiger partial charge on any atom is -0.319 e. The van der Waals surface area contributed by atoms with E-state index >= 15 is 0 Å². The Morgan fingerprint density at radius 2 is 2.28 bits per heavy atom. The zero-order chi connectivity index (χ0) is 13.0. The van der Waals surface area contributed by atoms with Crippen molar-refractivity contribution < 1.29 is 0 Å². The molecule has 1 heterocycles. The average Bonchev–Trinajstić information content (AvgIpc) is 3.08. The Balaban J connectivity index is 1.97. The van der Waals surface area contributed by atoms with Crippen LogP contribution in [0.5, 0.6) is 0 Å². The summed E-state index contributed by atoms with van der Waals surface area (Å²) in [7, 11) is 2.06. The Bertz CT molecular complexity index is 345. The maximum absolute atomic E-state index is 3.36. The van der Waals surface area contributed by atoms with Crippen molar-refractivity contribution in [1.29, 1.82) is 0 Å². The van der Waals surface area contributed by atoms with Gasteiger partial charge >= 0.3 is 0 Å². The van der Waals surface area contributed by atoms with E-state index in [1.807, 2.05) is 11.3 Å². The molecule has 1 atom stereocenters. The van der Waals surface area contributed by atoms with Crippen molar-refractivity contribution in [1.82, 2.24) is 10.2 Å². The van der Waals surface area contributed by atoms with Crippen LogP contribution in [0.2, 0.25) is 0 Å². The molecule has 2 rings (SSSR count). The predicted molar refractivity (Wildman–Crippen MR) is 80.1 cm³/mol. The first-order valence-corrected chi connectivity index (χ1v) is 8.01. The Labute approximate surface area is 115 Å². The molecule has 0 radical (unpaired) electrons. The summed E-state index contributed by atoms with van der Waals surface area (Å²) >= 11 is 1.81. The van der Waals surface area contributed by atoms with Crippen LogP contribution in [0.4, 0.5) is 0 Å². The Kier molecular flexibility index (Phi) is 4.82.